The average molecular weight is 376 g/mol. The van der Waals surface area contributed by atoms with E-state index in [1.54, 1.807) is 17.7 Å². The van der Waals surface area contributed by atoms with Gasteiger partial charge < -0.3 is 14.8 Å². The van der Waals surface area contributed by atoms with Crippen molar-refractivity contribution in [3.05, 3.63) is 70.4 Å². The first-order chi connectivity index (χ1) is 13.3. The summed E-state index contributed by atoms with van der Waals surface area (Å²) in [6.45, 7) is 0.941. The summed E-state index contributed by atoms with van der Waals surface area (Å²) in [5.41, 5.74) is 3.28. The number of rotatable bonds is 5. The van der Waals surface area contributed by atoms with Crippen LogP contribution in [0.1, 0.15) is 16.1 Å². The summed E-state index contributed by atoms with van der Waals surface area (Å²) < 4.78 is 10.9. The number of aromatic nitrogens is 3. The molecule has 1 aliphatic rings. The minimum absolute atomic E-state index is 0.292. The predicted octanol–water partition coefficient (Wildman–Crippen LogP) is 4.02. The number of hydrogen-bond acceptors (Lipinski definition) is 7. The molecular formula is C20H16N4O2S. The van der Waals surface area contributed by atoms with Crippen LogP contribution in [0.5, 0.6) is 11.5 Å². The molecular weight excluding hydrogens is 360 g/mol. The molecule has 0 unspecified atom stereocenters. The Labute approximate surface area is 159 Å². The van der Waals surface area contributed by atoms with Gasteiger partial charge in [-0.3, -0.25) is 0 Å². The van der Waals surface area contributed by atoms with Gasteiger partial charge in [-0.2, -0.15) is 0 Å². The quantitative estimate of drug-likeness (QED) is 0.567. The average Bonchev–Trinajstić information content (AvgIpc) is 3.37. The Morgan fingerprint density at radius 1 is 0.963 bits per heavy atom. The van der Waals surface area contributed by atoms with Crippen molar-refractivity contribution in [1.29, 1.82) is 0 Å². The van der Waals surface area contributed by atoms with E-state index in [-0.39, 0.29) is 0 Å². The molecule has 6 nitrogen and oxygen atoms in total. The van der Waals surface area contributed by atoms with Gasteiger partial charge in [0.2, 0.25) is 6.79 Å². The second-order valence-corrected chi connectivity index (χ2v) is 7.20. The van der Waals surface area contributed by atoms with Gasteiger partial charge in [0.25, 0.3) is 0 Å². The molecule has 27 heavy (non-hydrogen) atoms. The topological polar surface area (TPSA) is 69.2 Å². The molecule has 0 aliphatic carbocycles. The van der Waals surface area contributed by atoms with E-state index in [1.165, 1.54) is 11.1 Å². The molecule has 4 aromatic rings. The summed E-state index contributed by atoms with van der Waals surface area (Å²) in [6, 6.07) is 12.3. The van der Waals surface area contributed by atoms with E-state index in [4.69, 9.17) is 9.47 Å². The van der Waals surface area contributed by atoms with Gasteiger partial charge in [0.05, 0.1) is 12.1 Å². The van der Waals surface area contributed by atoms with Crippen LogP contribution in [0.25, 0.3) is 10.9 Å². The first kappa shape index (κ1) is 16.0. The number of fused-ring (bicyclic) bond motifs is 2. The highest BCUT2D eigenvalue weighted by Gasteiger charge is 2.13. The Kier molecular flexibility index (Phi) is 4.06. The molecule has 0 fully saturated rings. The van der Waals surface area contributed by atoms with Crippen molar-refractivity contribution >= 4 is 28.1 Å². The Morgan fingerprint density at radius 3 is 2.78 bits per heavy atom. The third kappa shape index (κ3) is 3.29. The molecule has 1 aliphatic heterocycles. The number of nitrogens with one attached hydrogen (secondary N) is 1. The van der Waals surface area contributed by atoms with Crippen molar-refractivity contribution in [2.45, 2.75) is 13.0 Å². The summed E-state index contributed by atoms with van der Waals surface area (Å²) in [4.78, 5) is 13.1. The van der Waals surface area contributed by atoms with Crippen LogP contribution in [0.4, 0.5) is 5.82 Å². The summed E-state index contributed by atoms with van der Waals surface area (Å²) >= 11 is 1.62. The highest BCUT2D eigenvalue weighted by atomic mass is 32.1. The van der Waals surface area contributed by atoms with Crippen LogP contribution in [0, 0.1) is 0 Å². The molecule has 0 radical (unpaired) electrons. The summed E-state index contributed by atoms with van der Waals surface area (Å²) in [5.74, 6) is 2.43. The highest BCUT2D eigenvalue weighted by molar-refractivity contribution is 7.09. The van der Waals surface area contributed by atoms with E-state index in [0.29, 0.717) is 13.3 Å². The van der Waals surface area contributed by atoms with E-state index in [9.17, 15) is 0 Å². The molecule has 0 saturated heterocycles. The van der Waals surface area contributed by atoms with Gasteiger partial charge in [0.15, 0.2) is 11.5 Å². The maximum absolute atomic E-state index is 5.48. The van der Waals surface area contributed by atoms with Crippen molar-refractivity contribution in [2.24, 2.45) is 0 Å². The highest BCUT2D eigenvalue weighted by Crippen LogP contribution is 2.33. The van der Waals surface area contributed by atoms with Crippen LogP contribution in [0.15, 0.2) is 54.3 Å². The van der Waals surface area contributed by atoms with Crippen molar-refractivity contribution in [1.82, 2.24) is 15.0 Å². The molecule has 0 spiro atoms. The molecule has 5 rings (SSSR count). The van der Waals surface area contributed by atoms with Gasteiger partial charge >= 0.3 is 0 Å². The van der Waals surface area contributed by atoms with Gasteiger partial charge in [0, 0.05) is 17.0 Å². The zero-order chi connectivity index (χ0) is 18.1. The molecule has 2 aromatic heterocycles. The monoisotopic (exact) mass is 376 g/mol. The second-order valence-electron chi connectivity index (χ2n) is 6.22. The zero-order valence-corrected chi connectivity index (χ0v) is 15.2. The predicted molar refractivity (Wildman–Crippen MR) is 104 cm³/mol. The fourth-order valence-electron chi connectivity index (χ4n) is 3.14. The molecule has 0 bridgehead atoms. The first-order valence-corrected chi connectivity index (χ1v) is 9.47. The third-order valence-electron chi connectivity index (χ3n) is 4.44. The van der Waals surface area contributed by atoms with E-state index in [2.05, 4.69) is 38.5 Å². The number of hydrogen-bond donors (Lipinski definition) is 1. The van der Waals surface area contributed by atoms with Crippen molar-refractivity contribution in [3.63, 3.8) is 0 Å². The van der Waals surface area contributed by atoms with Crippen molar-refractivity contribution in [3.8, 4) is 11.5 Å². The normalized spacial score (nSPS) is 12.4. The number of nitrogens with zero attached hydrogens (tertiary/aromatic N) is 3. The maximum atomic E-state index is 5.48. The van der Waals surface area contributed by atoms with Crippen LogP contribution >= 0.6 is 11.3 Å². The smallest absolute Gasteiger partial charge is 0.231 e. The summed E-state index contributed by atoms with van der Waals surface area (Å²) in [5, 5.41) is 7.38. The lowest BCUT2D eigenvalue weighted by atomic mass is 10.0. The fourth-order valence-corrected chi connectivity index (χ4v) is 3.70. The van der Waals surface area contributed by atoms with Crippen LogP contribution in [0.3, 0.4) is 0 Å². The second kappa shape index (κ2) is 6.85. The van der Waals surface area contributed by atoms with Gasteiger partial charge in [-0.15, -0.1) is 11.3 Å². The van der Waals surface area contributed by atoms with E-state index < -0.39 is 0 Å². The lowest BCUT2D eigenvalue weighted by Gasteiger charge is -2.09. The van der Waals surface area contributed by atoms with Gasteiger partial charge in [-0.25, -0.2) is 15.0 Å². The Balaban J connectivity index is 1.42. The minimum Gasteiger partial charge on any atom is -0.454 e. The molecule has 2 aromatic carbocycles. The largest absolute Gasteiger partial charge is 0.454 e. The van der Waals surface area contributed by atoms with E-state index in [1.807, 2.05) is 29.8 Å². The SMILES string of the molecule is c1csc(CNc2ncnc3ccc(Cc4ccc5c(c4)OCO5)cc23)n1. The minimum atomic E-state index is 0.292. The standard InChI is InChI=1S/C20H16N4O2S/c1-3-16-15(20(24-11-23-16)22-10-19-21-5-6-27-19)8-13(1)7-14-2-4-17-18(9-14)26-12-25-17/h1-6,8-9,11H,7,10,12H2,(H,22,23,24). The maximum Gasteiger partial charge on any atom is 0.231 e. The van der Waals surface area contributed by atoms with Crippen molar-refractivity contribution in [2.75, 3.05) is 12.1 Å². The van der Waals surface area contributed by atoms with Gasteiger partial charge in [-0.1, -0.05) is 12.1 Å². The van der Waals surface area contributed by atoms with E-state index >= 15 is 0 Å². The molecule has 0 atom stereocenters. The summed E-state index contributed by atoms with van der Waals surface area (Å²) in [7, 11) is 0. The first-order valence-electron chi connectivity index (χ1n) is 8.59. The zero-order valence-electron chi connectivity index (χ0n) is 14.4. The fraction of sp³-hybridized carbons (Fsp3) is 0.150. The van der Waals surface area contributed by atoms with Crippen LogP contribution < -0.4 is 14.8 Å². The van der Waals surface area contributed by atoms with E-state index in [0.717, 1.165) is 39.6 Å². The number of thiazole rings is 1. The Bertz CT molecular complexity index is 1100. The van der Waals surface area contributed by atoms with Crippen LogP contribution in [-0.4, -0.2) is 21.7 Å². The number of benzene rings is 2. The molecule has 7 heteroatoms. The molecule has 134 valence electrons. The molecule has 1 N–H and O–H groups in total. The van der Waals surface area contributed by atoms with Crippen LogP contribution in [-0.2, 0) is 13.0 Å². The van der Waals surface area contributed by atoms with Crippen molar-refractivity contribution < 1.29 is 9.47 Å². The number of ether oxygens (including phenoxy) is 2. The molecule has 0 saturated carbocycles. The molecule has 0 amide bonds. The third-order valence-corrected chi connectivity index (χ3v) is 5.22. The lowest BCUT2D eigenvalue weighted by molar-refractivity contribution is 0.174. The van der Waals surface area contributed by atoms with Crippen LogP contribution in [0.2, 0.25) is 0 Å². The number of anilines is 1. The van der Waals surface area contributed by atoms with Gasteiger partial charge in [-0.05, 0) is 41.8 Å². The Morgan fingerprint density at radius 2 is 1.85 bits per heavy atom. The van der Waals surface area contributed by atoms with Gasteiger partial charge in [0.1, 0.15) is 17.2 Å². The summed E-state index contributed by atoms with van der Waals surface area (Å²) in [6.07, 6.45) is 4.20. The molecule has 3 heterocycles. The Hall–Kier alpha value is -3.19. The lowest BCUT2D eigenvalue weighted by Crippen LogP contribution is -2.02.